The summed E-state index contributed by atoms with van der Waals surface area (Å²) in [6.07, 6.45) is 0. The molecule has 156 valence electrons. The molecule has 0 atom stereocenters. The number of hydrogen-bond donors (Lipinski definition) is 1. The Hall–Kier alpha value is -3.02. The summed E-state index contributed by atoms with van der Waals surface area (Å²) in [6, 6.07) is 13.5. The monoisotopic (exact) mass is 397 g/mol. The van der Waals surface area contributed by atoms with Gasteiger partial charge in [-0.15, -0.1) is 0 Å². The van der Waals surface area contributed by atoms with Gasteiger partial charge in [0.15, 0.2) is 0 Å². The standard InChI is InChI=1S/C23H31N3O3/c1-6-25(7-2)20-12-13-21(17(3)14-20)26(18(4)27)16-23(28)24-15-19-10-8-9-11-22(19)29-5/h8-14H,6-7,15-16H2,1-5H3,(H,24,28). The van der Waals surface area contributed by atoms with Crippen molar-refractivity contribution in [2.75, 3.05) is 36.5 Å². The maximum absolute atomic E-state index is 12.5. The van der Waals surface area contributed by atoms with Crippen molar-refractivity contribution in [3.8, 4) is 5.75 Å². The van der Waals surface area contributed by atoms with Crippen LogP contribution in [0.2, 0.25) is 0 Å². The maximum Gasteiger partial charge on any atom is 0.240 e. The lowest BCUT2D eigenvalue weighted by Crippen LogP contribution is -2.40. The molecule has 0 aromatic heterocycles. The zero-order valence-corrected chi connectivity index (χ0v) is 18.0. The quantitative estimate of drug-likeness (QED) is 0.703. The predicted octanol–water partition coefficient (Wildman–Crippen LogP) is 3.52. The molecule has 0 fully saturated rings. The molecule has 0 aliphatic heterocycles. The van der Waals surface area contributed by atoms with Crippen LogP contribution in [-0.4, -0.2) is 38.6 Å². The summed E-state index contributed by atoms with van der Waals surface area (Å²) in [5.41, 5.74) is 3.71. The van der Waals surface area contributed by atoms with Gasteiger partial charge in [0.05, 0.1) is 7.11 Å². The Balaban J connectivity index is 2.11. The smallest absolute Gasteiger partial charge is 0.240 e. The van der Waals surface area contributed by atoms with Crippen LogP contribution >= 0.6 is 0 Å². The minimum absolute atomic E-state index is 0.0318. The average molecular weight is 398 g/mol. The molecule has 6 nitrogen and oxygen atoms in total. The number of rotatable bonds is 9. The summed E-state index contributed by atoms with van der Waals surface area (Å²) in [7, 11) is 1.60. The van der Waals surface area contributed by atoms with Crippen molar-refractivity contribution in [2.24, 2.45) is 0 Å². The van der Waals surface area contributed by atoms with E-state index in [9.17, 15) is 9.59 Å². The Labute approximate surface area is 173 Å². The van der Waals surface area contributed by atoms with Crippen molar-refractivity contribution < 1.29 is 14.3 Å². The zero-order valence-electron chi connectivity index (χ0n) is 18.0. The molecular weight excluding hydrogens is 366 g/mol. The molecule has 0 radical (unpaired) electrons. The first-order chi connectivity index (χ1) is 13.9. The summed E-state index contributed by atoms with van der Waals surface area (Å²) < 4.78 is 5.31. The van der Waals surface area contributed by atoms with Crippen LogP contribution in [-0.2, 0) is 16.1 Å². The highest BCUT2D eigenvalue weighted by atomic mass is 16.5. The first-order valence-corrected chi connectivity index (χ1v) is 9.93. The number of nitrogens with zero attached hydrogens (tertiary/aromatic N) is 2. The highest BCUT2D eigenvalue weighted by Crippen LogP contribution is 2.26. The fourth-order valence-electron chi connectivity index (χ4n) is 3.34. The van der Waals surface area contributed by atoms with Crippen molar-refractivity contribution in [3.63, 3.8) is 0 Å². The van der Waals surface area contributed by atoms with Gasteiger partial charge in [-0.1, -0.05) is 18.2 Å². The van der Waals surface area contributed by atoms with E-state index in [1.165, 1.54) is 11.8 Å². The molecular formula is C23H31N3O3. The zero-order chi connectivity index (χ0) is 21.4. The SMILES string of the molecule is CCN(CC)c1ccc(N(CC(=O)NCc2ccccc2OC)C(C)=O)c(C)c1. The second-order valence-corrected chi connectivity index (χ2v) is 6.84. The second kappa shape index (κ2) is 10.5. The van der Waals surface area contributed by atoms with E-state index in [2.05, 4.69) is 30.1 Å². The van der Waals surface area contributed by atoms with Crippen LogP contribution in [0.15, 0.2) is 42.5 Å². The van der Waals surface area contributed by atoms with E-state index in [1.807, 2.05) is 43.3 Å². The van der Waals surface area contributed by atoms with E-state index in [0.717, 1.165) is 41.3 Å². The van der Waals surface area contributed by atoms with Crippen LogP contribution in [0.4, 0.5) is 11.4 Å². The number of para-hydroxylation sites is 1. The predicted molar refractivity (Wildman–Crippen MR) is 118 cm³/mol. The molecule has 2 aromatic rings. The number of carbonyl (C=O) groups excluding carboxylic acids is 2. The number of methoxy groups -OCH3 is 1. The number of amides is 2. The van der Waals surface area contributed by atoms with Crippen molar-refractivity contribution in [1.82, 2.24) is 5.32 Å². The molecule has 0 saturated carbocycles. The number of hydrogen-bond acceptors (Lipinski definition) is 4. The molecule has 2 amide bonds. The summed E-state index contributed by atoms with van der Waals surface area (Å²) in [6.45, 7) is 9.80. The minimum Gasteiger partial charge on any atom is -0.496 e. The Morgan fingerprint density at radius 1 is 1.07 bits per heavy atom. The van der Waals surface area contributed by atoms with Crippen molar-refractivity contribution in [3.05, 3.63) is 53.6 Å². The maximum atomic E-state index is 12.5. The highest BCUT2D eigenvalue weighted by molar-refractivity contribution is 5.98. The Morgan fingerprint density at radius 3 is 2.34 bits per heavy atom. The molecule has 0 bridgehead atoms. The van der Waals surface area contributed by atoms with Gasteiger partial charge in [-0.25, -0.2) is 0 Å². The number of ether oxygens (including phenoxy) is 1. The van der Waals surface area contributed by atoms with Gasteiger partial charge >= 0.3 is 0 Å². The Bertz CT molecular complexity index is 847. The van der Waals surface area contributed by atoms with Crippen LogP contribution in [0.1, 0.15) is 31.9 Å². The first kappa shape index (κ1) is 22.3. The number of anilines is 2. The van der Waals surface area contributed by atoms with Gasteiger partial charge in [0.25, 0.3) is 0 Å². The third-order valence-electron chi connectivity index (χ3n) is 4.95. The number of nitrogens with one attached hydrogen (secondary N) is 1. The van der Waals surface area contributed by atoms with E-state index in [4.69, 9.17) is 4.74 Å². The Kier molecular flexibility index (Phi) is 8.07. The highest BCUT2D eigenvalue weighted by Gasteiger charge is 2.18. The van der Waals surface area contributed by atoms with E-state index < -0.39 is 0 Å². The topological polar surface area (TPSA) is 61.9 Å². The fourth-order valence-corrected chi connectivity index (χ4v) is 3.34. The molecule has 0 aliphatic rings. The molecule has 1 N–H and O–H groups in total. The molecule has 29 heavy (non-hydrogen) atoms. The van der Waals surface area contributed by atoms with E-state index >= 15 is 0 Å². The summed E-state index contributed by atoms with van der Waals surface area (Å²) >= 11 is 0. The van der Waals surface area contributed by atoms with Crippen LogP contribution in [0.3, 0.4) is 0 Å². The number of carbonyl (C=O) groups is 2. The summed E-state index contributed by atoms with van der Waals surface area (Å²) in [5.74, 6) is 0.327. The third-order valence-corrected chi connectivity index (χ3v) is 4.95. The van der Waals surface area contributed by atoms with E-state index in [-0.39, 0.29) is 18.4 Å². The van der Waals surface area contributed by atoms with Gasteiger partial charge in [0.1, 0.15) is 12.3 Å². The molecule has 0 spiro atoms. The summed E-state index contributed by atoms with van der Waals surface area (Å²) in [4.78, 5) is 28.5. The van der Waals surface area contributed by atoms with Gasteiger partial charge in [0.2, 0.25) is 11.8 Å². The fraction of sp³-hybridized carbons (Fsp3) is 0.391. The second-order valence-electron chi connectivity index (χ2n) is 6.84. The largest absolute Gasteiger partial charge is 0.496 e. The molecule has 0 heterocycles. The van der Waals surface area contributed by atoms with Gasteiger partial charge < -0.3 is 19.9 Å². The van der Waals surface area contributed by atoms with Crippen LogP contribution in [0.25, 0.3) is 0 Å². The molecule has 2 aromatic carbocycles. The van der Waals surface area contributed by atoms with Crippen molar-refractivity contribution in [2.45, 2.75) is 34.2 Å². The first-order valence-electron chi connectivity index (χ1n) is 9.93. The van der Waals surface area contributed by atoms with Crippen LogP contribution in [0.5, 0.6) is 5.75 Å². The molecule has 6 heteroatoms. The molecule has 2 rings (SSSR count). The molecule has 0 unspecified atom stereocenters. The lowest BCUT2D eigenvalue weighted by Gasteiger charge is -2.26. The molecule has 0 saturated heterocycles. The normalized spacial score (nSPS) is 10.4. The van der Waals surface area contributed by atoms with Crippen molar-refractivity contribution in [1.29, 1.82) is 0 Å². The van der Waals surface area contributed by atoms with Crippen LogP contribution < -0.4 is 19.9 Å². The lowest BCUT2D eigenvalue weighted by molar-refractivity contribution is -0.123. The average Bonchev–Trinajstić information content (AvgIpc) is 2.72. The summed E-state index contributed by atoms with van der Waals surface area (Å²) in [5, 5.41) is 2.88. The van der Waals surface area contributed by atoms with Crippen molar-refractivity contribution >= 4 is 23.2 Å². The van der Waals surface area contributed by atoms with E-state index in [0.29, 0.717) is 6.54 Å². The number of aryl methyl sites for hydroxylation is 1. The van der Waals surface area contributed by atoms with E-state index in [1.54, 1.807) is 7.11 Å². The van der Waals surface area contributed by atoms with Gasteiger partial charge in [-0.2, -0.15) is 0 Å². The van der Waals surface area contributed by atoms with Gasteiger partial charge in [-0.05, 0) is 50.6 Å². The lowest BCUT2D eigenvalue weighted by atomic mass is 10.1. The third kappa shape index (κ3) is 5.73. The molecule has 0 aliphatic carbocycles. The minimum atomic E-state index is -0.224. The Morgan fingerprint density at radius 2 is 1.76 bits per heavy atom. The van der Waals surface area contributed by atoms with Gasteiger partial charge in [0, 0.05) is 43.5 Å². The van der Waals surface area contributed by atoms with Gasteiger partial charge in [-0.3, -0.25) is 9.59 Å². The number of benzene rings is 2. The van der Waals surface area contributed by atoms with Crippen LogP contribution in [0, 0.1) is 6.92 Å².